The van der Waals surface area contributed by atoms with Gasteiger partial charge >= 0.3 is 25.4 Å². The number of aliphatic carboxylic acids is 2. The van der Waals surface area contributed by atoms with Gasteiger partial charge in [-0.15, -0.1) is 0 Å². The van der Waals surface area contributed by atoms with Crippen molar-refractivity contribution >= 4 is 11.9 Å². The van der Waals surface area contributed by atoms with Gasteiger partial charge in [-0.3, -0.25) is 0 Å². The van der Waals surface area contributed by atoms with Gasteiger partial charge in [0.05, 0.1) is 5.97 Å². The molecule has 0 spiro atoms. The molecule has 10 heavy (non-hydrogen) atoms. The Hall–Kier alpha value is -0.737. The molecule has 1 radical (unpaired) electrons. The summed E-state index contributed by atoms with van der Waals surface area (Å²) >= 11 is 0. The monoisotopic (exact) mass is 196 g/mol. The van der Waals surface area contributed by atoms with Gasteiger partial charge in [-0.2, -0.15) is 0 Å². The molecule has 6 heteroatoms. The molecular weight excluding hydrogens is 191 g/mol. The average molecular weight is 197 g/mol. The molecule has 0 aromatic rings. The second-order valence-electron chi connectivity index (χ2n) is 0.991. The molecule has 4 N–H and O–H groups in total. The number of carboxylic acids is 2. The molecule has 53 valence electrons. The van der Waals surface area contributed by atoms with E-state index in [1.165, 1.54) is 0 Å². The first kappa shape index (κ1) is 16.1. The van der Waals surface area contributed by atoms with Gasteiger partial charge in [0, 0.05) is 6.08 Å². The molecule has 0 atom stereocenters. The van der Waals surface area contributed by atoms with Crippen LogP contribution in [0.5, 0.6) is 0 Å². The summed E-state index contributed by atoms with van der Waals surface area (Å²) in [5, 5.41) is 17.2. The molecule has 0 bridgehead atoms. The van der Waals surface area contributed by atoms with Crippen molar-refractivity contribution in [2.45, 2.75) is 0 Å². The molecule has 0 aromatic heterocycles. The van der Waals surface area contributed by atoms with Gasteiger partial charge in [-0.1, -0.05) is 0 Å². The summed E-state index contributed by atoms with van der Waals surface area (Å²) in [6.07, 6.45) is 0.942. The van der Waals surface area contributed by atoms with Crippen LogP contribution < -0.4 is 11.3 Å². The molecule has 0 aliphatic rings. The smallest absolute Gasteiger partial charge is 0.545 e. The van der Waals surface area contributed by atoms with Gasteiger partial charge in [0.25, 0.3) is 0 Å². The van der Waals surface area contributed by atoms with Crippen LogP contribution in [0.2, 0.25) is 0 Å². The minimum Gasteiger partial charge on any atom is -0.545 e. The maximum Gasteiger partial charge on any atom is 1.00 e. The Balaban J connectivity index is -0.000000245. The van der Waals surface area contributed by atoms with Crippen molar-refractivity contribution in [3.63, 3.8) is 0 Å². The number of carbonyl (C=O) groups excluding carboxylic acids is 1. The van der Waals surface area contributed by atoms with Crippen molar-refractivity contribution in [2.24, 2.45) is 0 Å². The quantitative estimate of drug-likeness (QED) is 0.415. The van der Waals surface area contributed by atoms with E-state index >= 15 is 0 Å². The second kappa shape index (κ2) is 8.26. The Morgan fingerprint density at radius 3 is 1.80 bits per heavy atom. The molecule has 0 saturated carbocycles. The van der Waals surface area contributed by atoms with E-state index in [-0.39, 0.29) is 25.6 Å². The minimum atomic E-state index is -1.51. The first-order valence-electron chi connectivity index (χ1n) is 1.75. The van der Waals surface area contributed by atoms with Crippen molar-refractivity contribution in [1.29, 1.82) is 0 Å². The summed E-state index contributed by atoms with van der Waals surface area (Å²) in [6, 6.07) is 0. The van der Waals surface area contributed by atoms with Crippen molar-refractivity contribution in [3.8, 4) is 0 Å². The fourth-order valence-electron chi connectivity index (χ4n) is 0.139. The molecular formula is C4H6NO4Zn. The summed E-state index contributed by atoms with van der Waals surface area (Å²) in [4.78, 5) is 19.0. The van der Waals surface area contributed by atoms with E-state index < -0.39 is 11.9 Å². The summed E-state index contributed by atoms with van der Waals surface area (Å²) < 4.78 is 0. The van der Waals surface area contributed by atoms with Crippen LogP contribution in [0.25, 0.3) is 0 Å². The molecule has 0 rings (SSSR count). The predicted octanol–water partition coefficient (Wildman–Crippen LogP) is -1.46. The van der Waals surface area contributed by atoms with Gasteiger partial charge < -0.3 is 21.2 Å². The van der Waals surface area contributed by atoms with Gasteiger partial charge in [-0.05, 0) is 6.08 Å². The second-order valence-corrected chi connectivity index (χ2v) is 0.991. The maximum atomic E-state index is 9.53. The van der Waals surface area contributed by atoms with E-state index in [1.807, 2.05) is 0 Å². The topological polar surface area (TPSA) is 112 Å². The Bertz CT molecular complexity index is 128. The summed E-state index contributed by atoms with van der Waals surface area (Å²) in [5.74, 6) is -2.80. The van der Waals surface area contributed by atoms with Gasteiger partial charge in [0.15, 0.2) is 0 Å². The molecule has 0 fully saturated rings. The number of rotatable bonds is 2. The van der Waals surface area contributed by atoms with Crippen LogP contribution in [0.3, 0.4) is 0 Å². The summed E-state index contributed by atoms with van der Waals surface area (Å²) in [7, 11) is 0. The first-order chi connectivity index (χ1) is 3.63. The van der Waals surface area contributed by atoms with Crippen molar-refractivity contribution in [2.75, 3.05) is 0 Å². The van der Waals surface area contributed by atoms with Crippen LogP contribution in [0, 0.1) is 0 Å². The molecule has 0 aromatic carbocycles. The van der Waals surface area contributed by atoms with Crippen LogP contribution in [0.1, 0.15) is 0 Å². The van der Waals surface area contributed by atoms with Crippen LogP contribution in [0.4, 0.5) is 0 Å². The summed E-state index contributed by atoms with van der Waals surface area (Å²) in [6.45, 7) is 0. The zero-order chi connectivity index (χ0) is 6.57. The SMILES string of the molecule is N.O=C([O-])C=CC(=O)O.[Zn+]. The average Bonchev–Trinajstić information content (AvgIpc) is 1.61. The number of carbonyl (C=O) groups is 2. The third-order valence-corrected chi connectivity index (χ3v) is 0.362. The van der Waals surface area contributed by atoms with Crippen LogP contribution in [-0.2, 0) is 29.1 Å². The number of hydrogen-bond donors (Lipinski definition) is 2. The van der Waals surface area contributed by atoms with Crippen molar-refractivity contribution in [3.05, 3.63) is 12.2 Å². The normalized spacial score (nSPS) is 7.60. The molecule has 0 aliphatic heterocycles. The molecule has 0 saturated heterocycles. The van der Waals surface area contributed by atoms with E-state index in [0.29, 0.717) is 12.2 Å². The van der Waals surface area contributed by atoms with Gasteiger partial charge in [0.1, 0.15) is 0 Å². The van der Waals surface area contributed by atoms with E-state index in [1.54, 1.807) is 0 Å². The fraction of sp³-hybridized carbons (Fsp3) is 0. The van der Waals surface area contributed by atoms with E-state index in [4.69, 9.17) is 5.11 Å². The third kappa shape index (κ3) is 15.7. The summed E-state index contributed by atoms with van der Waals surface area (Å²) in [5.41, 5.74) is 0. The van der Waals surface area contributed by atoms with Crippen molar-refractivity contribution in [1.82, 2.24) is 6.15 Å². The molecule has 5 nitrogen and oxygen atoms in total. The van der Waals surface area contributed by atoms with Gasteiger partial charge in [-0.25, -0.2) is 4.79 Å². The molecule has 0 amide bonds. The Morgan fingerprint density at radius 2 is 1.70 bits per heavy atom. The minimum absolute atomic E-state index is 0. The zero-order valence-corrected chi connectivity index (χ0v) is 8.21. The first-order valence-corrected chi connectivity index (χ1v) is 1.75. The molecule has 0 heterocycles. The zero-order valence-electron chi connectivity index (χ0n) is 5.24. The van der Waals surface area contributed by atoms with Crippen LogP contribution in [-0.4, -0.2) is 17.0 Å². The van der Waals surface area contributed by atoms with E-state index in [0.717, 1.165) is 0 Å². The van der Waals surface area contributed by atoms with Gasteiger partial charge in [0.2, 0.25) is 0 Å². The van der Waals surface area contributed by atoms with E-state index in [2.05, 4.69) is 0 Å². The standard InChI is InChI=1S/C4H4O4.H3N.Zn/c5-3(6)1-2-4(7)8;;/h1-2H,(H,5,6)(H,7,8);1H3;/q;;+1/p-1. The Labute approximate surface area is 70.1 Å². The maximum absolute atomic E-state index is 9.53. The van der Waals surface area contributed by atoms with E-state index in [9.17, 15) is 14.7 Å². The third-order valence-electron chi connectivity index (χ3n) is 0.362. The molecule has 0 aliphatic carbocycles. The largest absolute Gasteiger partial charge is 1.00 e. The number of hydrogen-bond acceptors (Lipinski definition) is 4. The number of carboxylic acid groups (broad SMARTS) is 2. The van der Waals surface area contributed by atoms with Crippen molar-refractivity contribution < 1.29 is 39.3 Å². The predicted molar refractivity (Wildman–Crippen MR) is 26.8 cm³/mol. The Morgan fingerprint density at radius 1 is 1.30 bits per heavy atom. The van der Waals surface area contributed by atoms with Crippen LogP contribution in [0.15, 0.2) is 12.2 Å². The Kier molecular flexibility index (Phi) is 13.3. The fourth-order valence-corrected chi connectivity index (χ4v) is 0.139. The van der Waals surface area contributed by atoms with Crippen LogP contribution >= 0.6 is 0 Å². The molecule has 0 unspecified atom stereocenters.